The second-order valence-electron chi connectivity index (χ2n) is 2.47. The molecular formula is C8H13N3O. The third-order valence-corrected chi connectivity index (χ3v) is 1.59. The minimum atomic E-state index is 0.426. The van der Waals surface area contributed by atoms with Gasteiger partial charge in [-0.15, -0.1) is 6.58 Å². The van der Waals surface area contributed by atoms with Gasteiger partial charge in [0.15, 0.2) is 0 Å². The van der Waals surface area contributed by atoms with Gasteiger partial charge in [-0.1, -0.05) is 6.08 Å². The van der Waals surface area contributed by atoms with Crippen molar-refractivity contribution in [3.63, 3.8) is 0 Å². The highest BCUT2D eigenvalue weighted by molar-refractivity contribution is 5.39. The summed E-state index contributed by atoms with van der Waals surface area (Å²) in [5.41, 5.74) is 7.21. The highest BCUT2D eigenvalue weighted by Gasteiger charge is 2.00. The summed E-state index contributed by atoms with van der Waals surface area (Å²) in [5.74, 6) is 0. The second kappa shape index (κ2) is 3.92. The molecule has 1 heterocycles. The molecule has 0 bridgehead atoms. The van der Waals surface area contributed by atoms with E-state index in [0.717, 1.165) is 5.69 Å². The summed E-state index contributed by atoms with van der Waals surface area (Å²) in [6.45, 7) is 6.40. The van der Waals surface area contributed by atoms with E-state index < -0.39 is 0 Å². The van der Waals surface area contributed by atoms with Gasteiger partial charge in [0.05, 0.1) is 24.2 Å². The molecule has 1 aromatic rings. The van der Waals surface area contributed by atoms with Gasteiger partial charge in [-0.2, -0.15) is 5.10 Å². The number of hydrogen-bond donors (Lipinski definition) is 1. The lowest BCUT2D eigenvalue weighted by Gasteiger charge is -2.03. The van der Waals surface area contributed by atoms with Crippen molar-refractivity contribution in [3.8, 4) is 0 Å². The van der Waals surface area contributed by atoms with E-state index in [-0.39, 0.29) is 0 Å². The van der Waals surface area contributed by atoms with Crippen LogP contribution in [0.15, 0.2) is 18.9 Å². The van der Waals surface area contributed by atoms with Crippen LogP contribution in [0, 0.1) is 6.92 Å². The molecule has 0 aliphatic carbocycles. The number of nitrogens with two attached hydrogens (primary N) is 1. The zero-order valence-corrected chi connectivity index (χ0v) is 7.16. The van der Waals surface area contributed by atoms with E-state index in [1.54, 1.807) is 17.0 Å². The SMILES string of the molecule is C=CCOCn1ncc(N)c1C. The van der Waals surface area contributed by atoms with Crippen molar-refractivity contribution in [2.45, 2.75) is 13.7 Å². The van der Waals surface area contributed by atoms with Gasteiger partial charge in [0.25, 0.3) is 0 Å². The van der Waals surface area contributed by atoms with Crippen molar-refractivity contribution < 1.29 is 4.74 Å². The second-order valence-corrected chi connectivity index (χ2v) is 2.47. The molecule has 1 aromatic heterocycles. The highest BCUT2D eigenvalue weighted by atomic mass is 16.5. The topological polar surface area (TPSA) is 53.1 Å². The molecule has 12 heavy (non-hydrogen) atoms. The fraction of sp³-hybridized carbons (Fsp3) is 0.375. The van der Waals surface area contributed by atoms with E-state index in [1.807, 2.05) is 6.92 Å². The lowest BCUT2D eigenvalue weighted by Crippen LogP contribution is -2.06. The molecule has 0 aliphatic heterocycles. The lowest BCUT2D eigenvalue weighted by molar-refractivity contribution is 0.0896. The molecule has 0 saturated heterocycles. The summed E-state index contributed by atoms with van der Waals surface area (Å²) >= 11 is 0. The number of rotatable bonds is 4. The minimum absolute atomic E-state index is 0.426. The van der Waals surface area contributed by atoms with Gasteiger partial charge < -0.3 is 10.5 Å². The smallest absolute Gasteiger partial charge is 0.140 e. The fourth-order valence-corrected chi connectivity index (χ4v) is 0.814. The maximum Gasteiger partial charge on any atom is 0.140 e. The molecule has 0 saturated carbocycles. The Morgan fingerprint density at radius 2 is 2.58 bits per heavy atom. The van der Waals surface area contributed by atoms with Crippen molar-refractivity contribution >= 4 is 5.69 Å². The normalized spacial score (nSPS) is 10.1. The van der Waals surface area contributed by atoms with Crippen LogP contribution >= 0.6 is 0 Å². The number of nitrogen functional groups attached to an aromatic ring is 1. The molecule has 0 fully saturated rings. The first-order chi connectivity index (χ1) is 5.75. The molecule has 4 nitrogen and oxygen atoms in total. The number of ether oxygens (including phenoxy) is 1. The van der Waals surface area contributed by atoms with E-state index in [4.69, 9.17) is 10.5 Å². The molecule has 0 unspecified atom stereocenters. The third-order valence-electron chi connectivity index (χ3n) is 1.59. The van der Waals surface area contributed by atoms with E-state index in [0.29, 0.717) is 19.0 Å². The first-order valence-electron chi connectivity index (χ1n) is 3.72. The summed E-state index contributed by atoms with van der Waals surface area (Å²) in [6.07, 6.45) is 3.31. The summed E-state index contributed by atoms with van der Waals surface area (Å²) in [5, 5.41) is 4.02. The largest absolute Gasteiger partial charge is 0.396 e. The first kappa shape index (κ1) is 8.80. The van der Waals surface area contributed by atoms with Gasteiger partial charge in [-0.05, 0) is 6.92 Å². The third kappa shape index (κ3) is 1.85. The number of hydrogen-bond acceptors (Lipinski definition) is 3. The van der Waals surface area contributed by atoms with Crippen LogP contribution in [0.3, 0.4) is 0 Å². The minimum Gasteiger partial charge on any atom is -0.396 e. The maximum absolute atomic E-state index is 5.59. The monoisotopic (exact) mass is 167 g/mol. The van der Waals surface area contributed by atoms with E-state index in [9.17, 15) is 0 Å². The van der Waals surface area contributed by atoms with Gasteiger partial charge in [0.2, 0.25) is 0 Å². The van der Waals surface area contributed by atoms with Crippen LogP contribution in [-0.2, 0) is 11.5 Å². The first-order valence-corrected chi connectivity index (χ1v) is 3.72. The van der Waals surface area contributed by atoms with Crippen molar-refractivity contribution in [2.24, 2.45) is 0 Å². The number of nitrogens with zero attached hydrogens (tertiary/aromatic N) is 2. The molecule has 66 valence electrons. The summed E-state index contributed by atoms with van der Waals surface area (Å²) < 4.78 is 6.90. The molecular weight excluding hydrogens is 154 g/mol. The molecule has 4 heteroatoms. The Morgan fingerprint density at radius 3 is 3.08 bits per heavy atom. The van der Waals surface area contributed by atoms with Crippen LogP contribution in [-0.4, -0.2) is 16.4 Å². The molecule has 0 radical (unpaired) electrons. The van der Waals surface area contributed by atoms with Crippen LogP contribution in [0.25, 0.3) is 0 Å². The summed E-state index contributed by atoms with van der Waals surface area (Å²) in [7, 11) is 0. The molecule has 0 amide bonds. The average Bonchev–Trinajstić information content (AvgIpc) is 2.36. The Bertz CT molecular complexity index is 267. The average molecular weight is 167 g/mol. The highest BCUT2D eigenvalue weighted by Crippen LogP contribution is 2.07. The molecule has 0 spiro atoms. The van der Waals surface area contributed by atoms with Crippen molar-refractivity contribution in [1.82, 2.24) is 9.78 Å². The van der Waals surface area contributed by atoms with Gasteiger partial charge in [-0.3, -0.25) is 0 Å². The zero-order chi connectivity index (χ0) is 8.97. The van der Waals surface area contributed by atoms with Crippen LogP contribution in [0.4, 0.5) is 5.69 Å². The standard InChI is InChI=1S/C8H13N3O/c1-3-4-12-6-11-7(2)8(9)5-10-11/h3,5H,1,4,6,9H2,2H3. The zero-order valence-electron chi connectivity index (χ0n) is 7.16. The molecule has 1 rings (SSSR count). The quantitative estimate of drug-likeness (QED) is 0.536. The molecule has 0 atom stereocenters. The van der Waals surface area contributed by atoms with Crippen LogP contribution in [0.2, 0.25) is 0 Å². The Labute approximate surface area is 71.6 Å². The van der Waals surface area contributed by atoms with Gasteiger partial charge in [0.1, 0.15) is 6.73 Å². The number of anilines is 1. The lowest BCUT2D eigenvalue weighted by atomic mass is 10.4. The summed E-state index contributed by atoms with van der Waals surface area (Å²) in [6, 6.07) is 0. The number of aromatic nitrogens is 2. The Hall–Kier alpha value is -1.29. The van der Waals surface area contributed by atoms with Crippen molar-refractivity contribution in [2.75, 3.05) is 12.3 Å². The van der Waals surface area contributed by atoms with Gasteiger partial charge in [0, 0.05) is 0 Å². The summed E-state index contributed by atoms with van der Waals surface area (Å²) in [4.78, 5) is 0. The Kier molecular flexibility index (Phi) is 2.88. The van der Waals surface area contributed by atoms with Gasteiger partial charge >= 0.3 is 0 Å². The van der Waals surface area contributed by atoms with Crippen molar-refractivity contribution in [1.29, 1.82) is 0 Å². The Balaban J connectivity index is 2.51. The molecule has 0 aromatic carbocycles. The van der Waals surface area contributed by atoms with E-state index >= 15 is 0 Å². The maximum atomic E-state index is 5.59. The van der Waals surface area contributed by atoms with Crippen LogP contribution < -0.4 is 5.73 Å². The van der Waals surface area contributed by atoms with Crippen LogP contribution in [0.1, 0.15) is 5.69 Å². The van der Waals surface area contributed by atoms with E-state index in [2.05, 4.69) is 11.7 Å². The predicted octanol–water partition coefficient (Wildman–Crippen LogP) is 0.934. The molecule has 2 N–H and O–H groups in total. The Morgan fingerprint density at radius 1 is 1.83 bits per heavy atom. The predicted molar refractivity (Wildman–Crippen MR) is 47.5 cm³/mol. The van der Waals surface area contributed by atoms with Crippen LogP contribution in [0.5, 0.6) is 0 Å². The fourth-order valence-electron chi connectivity index (χ4n) is 0.814. The van der Waals surface area contributed by atoms with E-state index in [1.165, 1.54) is 0 Å². The van der Waals surface area contributed by atoms with Gasteiger partial charge in [-0.25, -0.2) is 4.68 Å². The van der Waals surface area contributed by atoms with Crippen molar-refractivity contribution in [3.05, 3.63) is 24.5 Å². The molecule has 0 aliphatic rings.